The summed E-state index contributed by atoms with van der Waals surface area (Å²) < 4.78 is 7.71. The van der Waals surface area contributed by atoms with Gasteiger partial charge in [-0.25, -0.2) is 9.98 Å². The Morgan fingerprint density at radius 3 is 2.16 bits per heavy atom. The second kappa shape index (κ2) is 15.8. The molecule has 4 aromatic rings. The van der Waals surface area contributed by atoms with E-state index >= 15 is 0 Å². The molecule has 0 aliphatic carbocycles. The Bertz CT molecular complexity index is 1660. The van der Waals surface area contributed by atoms with Crippen molar-refractivity contribution >= 4 is 23.0 Å². The molecule has 0 aliphatic heterocycles. The summed E-state index contributed by atoms with van der Waals surface area (Å²) in [5.41, 5.74) is 22.0. The summed E-state index contributed by atoms with van der Waals surface area (Å²) in [6.07, 6.45) is 6.73. The van der Waals surface area contributed by atoms with Gasteiger partial charge in [0.25, 0.3) is 0 Å². The van der Waals surface area contributed by atoms with E-state index in [-0.39, 0.29) is 0 Å². The normalized spacial score (nSPS) is 8.14. The average molecular weight is 482 g/mol. The van der Waals surface area contributed by atoms with Crippen molar-refractivity contribution in [3.8, 4) is 11.5 Å². The Kier molecular flexibility index (Phi) is 11.7. The van der Waals surface area contributed by atoms with E-state index in [4.69, 9.17) is 4.42 Å². The fraction of sp³-hybridized carbons (Fsp3) is 0.0323. The molecule has 0 saturated carbocycles. The molecular weight excluding hydrogens is 458 g/mol. The van der Waals surface area contributed by atoms with Crippen molar-refractivity contribution in [1.82, 2.24) is 14.4 Å². The number of rotatable bonds is 4. The summed E-state index contributed by atoms with van der Waals surface area (Å²) in [4.78, 5) is 12.1. The van der Waals surface area contributed by atoms with Crippen LogP contribution in [-0.4, -0.2) is 20.2 Å². The summed E-state index contributed by atoms with van der Waals surface area (Å²) in [5, 5.41) is 3.42. The summed E-state index contributed by atoms with van der Waals surface area (Å²) >= 11 is 0. The van der Waals surface area contributed by atoms with Gasteiger partial charge in [-0.3, -0.25) is 9.38 Å². The first kappa shape index (κ1) is 27.3. The van der Waals surface area contributed by atoms with Gasteiger partial charge in [-0.15, -0.1) is 0 Å². The largest absolute Gasteiger partial charge is 0.460 e. The van der Waals surface area contributed by atoms with Crippen molar-refractivity contribution in [2.75, 3.05) is 5.32 Å². The highest BCUT2D eigenvalue weighted by Gasteiger charge is 2.17. The maximum atomic E-state index is 5.74. The van der Waals surface area contributed by atoms with Gasteiger partial charge in [0, 0.05) is 24.3 Å². The molecule has 0 fully saturated rings. The van der Waals surface area contributed by atoms with Gasteiger partial charge in [0.2, 0.25) is 0 Å². The van der Waals surface area contributed by atoms with Crippen LogP contribution in [0.15, 0.2) is 149 Å². The molecule has 1 aromatic carbocycles. The fourth-order valence-corrected chi connectivity index (χ4v) is 2.70. The minimum Gasteiger partial charge on any atom is -0.460 e. The molecule has 0 radical (unpaired) electrons. The van der Waals surface area contributed by atoms with E-state index in [1.807, 2.05) is 60.0 Å². The van der Waals surface area contributed by atoms with E-state index < -0.39 is 0 Å². The zero-order valence-electron chi connectivity index (χ0n) is 20.4. The van der Waals surface area contributed by atoms with Crippen molar-refractivity contribution in [1.29, 1.82) is 0 Å². The molecule has 4 rings (SSSR count). The van der Waals surface area contributed by atoms with Crippen LogP contribution in [0.4, 0.5) is 11.5 Å². The molecule has 0 unspecified atom stereocenters. The minimum atomic E-state index is 0.736. The third kappa shape index (κ3) is 9.10. The topological polar surface area (TPSA) is 67.7 Å². The number of anilines is 2. The highest BCUT2D eigenvalue weighted by Crippen LogP contribution is 2.31. The molecule has 6 heteroatoms. The number of aliphatic imine (C=N–C) groups is 1. The van der Waals surface area contributed by atoms with Gasteiger partial charge in [0.05, 0.1) is 6.20 Å². The van der Waals surface area contributed by atoms with Crippen LogP contribution in [0, 0.1) is 6.92 Å². The predicted octanol–water partition coefficient (Wildman–Crippen LogP) is 7.07. The fourth-order valence-electron chi connectivity index (χ4n) is 2.70. The number of nitrogens with zero attached hydrogens (tertiary/aromatic N) is 4. The van der Waals surface area contributed by atoms with Gasteiger partial charge >= 0.3 is 0 Å². The lowest BCUT2D eigenvalue weighted by molar-refractivity contribution is 0.547. The van der Waals surface area contributed by atoms with Crippen LogP contribution in [-0.2, 0) is 0 Å². The number of para-hydroxylation sites is 1. The standard InChI is InChI=1S/C17H14N4O.C10H4.C4H5N/c1-12-7-8-14(22-12)16-17(19-13-5-3-2-4-6-13)21-10-9-18-11-15(21)20-16;1-3-5-7-9-10-8-6-4-2;1-3-5-4-2/h2-11,19H,1H3;1-2H2;3H,1-2H2. The number of aromatic nitrogens is 3. The van der Waals surface area contributed by atoms with E-state index in [0.29, 0.717) is 0 Å². The molecule has 6 nitrogen and oxygen atoms in total. The molecule has 3 heterocycles. The van der Waals surface area contributed by atoms with Gasteiger partial charge in [-0.1, -0.05) is 36.2 Å². The summed E-state index contributed by atoms with van der Waals surface area (Å²) in [7, 11) is 0. The number of benzene rings is 1. The average Bonchev–Trinajstić information content (AvgIpc) is 3.51. The highest BCUT2D eigenvalue weighted by atomic mass is 16.3. The van der Waals surface area contributed by atoms with Crippen LogP contribution in [0.1, 0.15) is 5.76 Å². The Hall–Kier alpha value is -5.91. The van der Waals surface area contributed by atoms with E-state index in [1.165, 1.54) is 6.20 Å². The summed E-state index contributed by atoms with van der Waals surface area (Å²) in [6, 6.07) is 13.9. The van der Waals surface area contributed by atoms with E-state index in [1.54, 1.807) is 12.4 Å². The number of imidazole rings is 1. The lowest BCUT2D eigenvalue weighted by Gasteiger charge is -2.07. The Morgan fingerprint density at radius 2 is 1.62 bits per heavy atom. The zero-order valence-corrected chi connectivity index (χ0v) is 20.4. The first-order chi connectivity index (χ1) is 18.1. The molecule has 0 atom stereocenters. The molecule has 0 amide bonds. The van der Waals surface area contributed by atoms with Crippen molar-refractivity contribution in [3.63, 3.8) is 0 Å². The lowest BCUT2D eigenvalue weighted by Crippen LogP contribution is -1.96. The van der Waals surface area contributed by atoms with Crippen molar-refractivity contribution in [2.24, 2.45) is 4.99 Å². The molecule has 0 saturated heterocycles. The monoisotopic (exact) mass is 481 g/mol. The number of hydrogen-bond donors (Lipinski definition) is 1. The Labute approximate surface area is 215 Å². The Morgan fingerprint density at radius 1 is 0.946 bits per heavy atom. The zero-order chi connectivity index (χ0) is 26.7. The third-order valence-electron chi connectivity index (χ3n) is 4.11. The van der Waals surface area contributed by atoms with Crippen LogP contribution in [0.3, 0.4) is 0 Å². The summed E-state index contributed by atoms with van der Waals surface area (Å²) in [5.74, 6) is 4.73. The van der Waals surface area contributed by atoms with Crippen LogP contribution >= 0.6 is 0 Å². The smallest absolute Gasteiger partial charge is 0.157 e. The number of fused-ring (bicyclic) bond motifs is 1. The van der Waals surface area contributed by atoms with E-state index in [9.17, 15) is 0 Å². The highest BCUT2D eigenvalue weighted by molar-refractivity contribution is 5.77. The Balaban J connectivity index is 0.000000269. The van der Waals surface area contributed by atoms with Crippen molar-refractivity contribution < 1.29 is 4.42 Å². The third-order valence-corrected chi connectivity index (χ3v) is 4.11. The van der Waals surface area contributed by atoms with Gasteiger partial charge in [-0.2, -0.15) is 0 Å². The van der Waals surface area contributed by atoms with Gasteiger partial charge < -0.3 is 9.73 Å². The lowest BCUT2D eigenvalue weighted by atomic mass is 10.3. The molecule has 3 aromatic heterocycles. The maximum absolute atomic E-state index is 5.74. The van der Waals surface area contributed by atoms with Crippen molar-refractivity contribution in [2.45, 2.75) is 6.92 Å². The minimum absolute atomic E-state index is 0.736. The first-order valence-corrected chi connectivity index (χ1v) is 10.7. The molecule has 178 valence electrons. The second-order valence-electron chi connectivity index (χ2n) is 6.59. The van der Waals surface area contributed by atoms with Crippen molar-refractivity contribution in [3.05, 3.63) is 145 Å². The van der Waals surface area contributed by atoms with Crippen LogP contribution in [0.5, 0.6) is 0 Å². The maximum Gasteiger partial charge on any atom is 0.157 e. The van der Waals surface area contributed by atoms with Gasteiger partial charge in [-0.05, 0) is 91.2 Å². The van der Waals surface area contributed by atoms with Gasteiger partial charge in [0.15, 0.2) is 11.4 Å². The number of furan rings is 1. The predicted molar refractivity (Wildman–Crippen MR) is 148 cm³/mol. The molecule has 37 heavy (non-hydrogen) atoms. The molecule has 1 N–H and O–H groups in total. The molecular formula is C31H23N5O. The van der Waals surface area contributed by atoms with Crippen LogP contribution < -0.4 is 5.32 Å². The van der Waals surface area contributed by atoms with Gasteiger partial charge in [0.1, 0.15) is 17.3 Å². The first-order valence-electron chi connectivity index (χ1n) is 10.7. The quantitative estimate of drug-likeness (QED) is 0.250. The SMILES string of the molecule is C=C=C=C=C=C=C=C=C=C.C=C=NC=C.Cc1ccc(-c2nc3cnccn3c2Nc2ccccc2)o1. The molecule has 0 bridgehead atoms. The van der Waals surface area contributed by atoms with Crippen LogP contribution in [0.2, 0.25) is 0 Å². The number of aryl methyl sites for hydroxylation is 1. The van der Waals surface area contributed by atoms with E-state index in [2.05, 4.69) is 98.3 Å². The van der Waals surface area contributed by atoms with Crippen LogP contribution in [0.25, 0.3) is 17.1 Å². The second-order valence-corrected chi connectivity index (χ2v) is 6.59. The summed E-state index contributed by atoms with van der Waals surface area (Å²) in [6.45, 7) is 14.9. The molecule has 0 spiro atoms. The van der Waals surface area contributed by atoms with E-state index in [0.717, 1.165) is 34.4 Å². The number of hydrogen-bond acceptors (Lipinski definition) is 5. The number of nitrogens with one attached hydrogen (secondary N) is 1. The molecule has 0 aliphatic rings.